The average Bonchev–Trinajstić information content (AvgIpc) is 2.44. The van der Waals surface area contributed by atoms with E-state index in [1.807, 2.05) is 0 Å². The van der Waals surface area contributed by atoms with Gasteiger partial charge in [-0.2, -0.15) is 0 Å². The normalized spacial score (nSPS) is 11.4. The summed E-state index contributed by atoms with van der Waals surface area (Å²) in [5, 5.41) is 8.81. The summed E-state index contributed by atoms with van der Waals surface area (Å²) in [4.78, 5) is 21.6. The highest BCUT2D eigenvalue weighted by molar-refractivity contribution is 7.89. The Balaban J connectivity index is 3.09. The number of aromatic carboxylic acids is 1. The zero-order chi connectivity index (χ0) is 16.2. The number of carboxylic acids is 1. The van der Waals surface area contributed by atoms with Crippen molar-refractivity contribution in [2.45, 2.75) is 11.3 Å². The number of hydrogen-bond donors (Lipinski definition) is 1. The van der Waals surface area contributed by atoms with Crippen LogP contribution in [0.5, 0.6) is 0 Å². The molecule has 0 saturated carbocycles. The molecular weight excluding hydrogens is 322 g/mol. The molecule has 7 nitrogen and oxygen atoms in total. The van der Waals surface area contributed by atoms with Crippen molar-refractivity contribution in [1.82, 2.24) is 4.31 Å². The number of benzene rings is 1. The average molecular weight is 336 g/mol. The van der Waals surface area contributed by atoms with Crippen LogP contribution in [0.1, 0.15) is 16.8 Å². The SMILES string of the molecule is COC(=O)CCN(C)S(=O)(=O)c1cc(C(=O)O)ccc1Cl. The Morgan fingerprint density at radius 1 is 1.38 bits per heavy atom. The van der Waals surface area contributed by atoms with Gasteiger partial charge in [-0.25, -0.2) is 17.5 Å². The lowest BCUT2D eigenvalue weighted by molar-refractivity contribution is -0.140. The van der Waals surface area contributed by atoms with Crippen molar-refractivity contribution in [2.75, 3.05) is 20.7 Å². The van der Waals surface area contributed by atoms with Gasteiger partial charge in [0.05, 0.1) is 24.1 Å². The summed E-state index contributed by atoms with van der Waals surface area (Å²) in [6, 6.07) is 3.39. The van der Waals surface area contributed by atoms with Gasteiger partial charge in [0.15, 0.2) is 0 Å². The van der Waals surface area contributed by atoms with E-state index in [1.165, 1.54) is 26.3 Å². The first-order chi connectivity index (χ1) is 9.70. The number of carboxylic acid groups (broad SMARTS) is 1. The van der Waals surface area contributed by atoms with Crippen LogP contribution in [0.3, 0.4) is 0 Å². The number of carbonyl (C=O) groups is 2. The molecule has 0 saturated heterocycles. The third-order valence-corrected chi connectivity index (χ3v) is 5.06. The molecule has 0 fully saturated rings. The van der Waals surface area contributed by atoms with E-state index in [1.54, 1.807) is 0 Å². The molecule has 0 aliphatic heterocycles. The lowest BCUT2D eigenvalue weighted by Crippen LogP contribution is -2.29. The van der Waals surface area contributed by atoms with Crippen molar-refractivity contribution in [3.8, 4) is 0 Å². The van der Waals surface area contributed by atoms with E-state index in [9.17, 15) is 18.0 Å². The van der Waals surface area contributed by atoms with Gasteiger partial charge in [0.2, 0.25) is 10.0 Å². The molecule has 0 amide bonds. The van der Waals surface area contributed by atoms with Gasteiger partial charge in [-0.15, -0.1) is 0 Å². The van der Waals surface area contributed by atoms with Crippen molar-refractivity contribution < 1.29 is 27.9 Å². The minimum Gasteiger partial charge on any atom is -0.478 e. The summed E-state index contributed by atoms with van der Waals surface area (Å²) >= 11 is 5.83. The van der Waals surface area contributed by atoms with Crippen LogP contribution in [0.15, 0.2) is 23.1 Å². The highest BCUT2D eigenvalue weighted by Crippen LogP contribution is 2.25. The van der Waals surface area contributed by atoms with Gasteiger partial charge in [-0.1, -0.05) is 11.6 Å². The summed E-state index contributed by atoms with van der Waals surface area (Å²) in [5.41, 5.74) is -0.195. The Hall–Kier alpha value is -1.64. The molecule has 0 spiro atoms. The molecule has 0 heterocycles. The molecule has 1 rings (SSSR count). The molecule has 1 aromatic rings. The zero-order valence-corrected chi connectivity index (χ0v) is 12.9. The molecule has 0 atom stereocenters. The third kappa shape index (κ3) is 4.16. The number of nitrogens with zero attached hydrogens (tertiary/aromatic N) is 1. The first kappa shape index (κ1) is 17.4. The lowest BCUT2D eigenvalue weighted by atomic mass is 10.2. The highest BCUT2D eigenvalue weighted by atomic mass is 35.5. The Kier molecular flexibility index (Phi) is 5.70. The molecule has 1 aromatic carbocycles. The number of ether oxygens (including phenoxy) is 1. The summed E-state index contributed by atoms with van der Waals surface area (Å²) < 4.78 is 30.0. The Labute approximate surface area is 127 Å². The quantitative estimate of drug-likeness (QED) is 0.784. The van der Waals surface area contributed by atoms with E-state index in [0.29, 0.717) is 0 Å². The van der Waals surface area contributed by atoms with Gasteiger partial charge in [0, 0.05) is 13.6 Å². The molecule has 0 aromatic heterocycles. The second-order valence-corrected chi connectivity index (χ2v) is 6.52. The van der Waals surface area contributed by atoms with Crippen molar-refractivity contribution in [2.24, 2.45) is 0 Å². The monoisotopic (exact) mass is 335 g/mol. The smallest absolute Gasteiger partial charge is 0.335 e. The number of hydrogen-bond acceptors (Lipinski definition) is 5. The Morgan fingerprint density at radius 2 is 2.00 bits per heavy atom. The second-order valence-electron chi connectivity index (χ2n) is 4.10. The topological polar surface area (TPSA) is 101 Å². The molecule has 1 N–H and O–H groups in total. The standard InChI is InChI=1S/C12H14ClNO6S/c1-14(6-5-11(15)20-2)21(18,19)10-7-8(12(16)17)3-4-9(10)13/h3-4,7H,5-6H2,1-2H3,(H,16,17). The van der Waals surface area contributed by atoms with Crippen molar-refractivity contribution >= 4 is 33.6 Å². The van der Waals surface area contributed by atoms with Gasteiger partial charge < -0.3 is 9.84 Å². The number of rotatable bonds is 6. The van der Waals surface area contributed by atoms with Gasteiger partial charge in [0.1, 0.15) is 4.90 Å². The van der Waals surface area contributed by atoms with Crippen molar-refractivity contribution in [3.63, 3.8) is 0 Å². The first-order valence-electron chi connectivity index (χ1n) is 5.76. The van der Waals surface area contributed by atoms with Crippen LogP contribution in [0.25, 0.3) is 0 Å². The van der Waals surface area contributed by atoms with Crippen LogP contribution in [-0.4, -0.2) is 50.5 Å². The maximum atomic E-state index is 12.3. The molecule has 116 valence electrons. The Bertz CT molecular complexity index is 658. The van der Waals surface area contributed by atoms with Gasteiger partial charge in [0.25, 0.3) is 0 Å². The maximum absolute atomic E-state index is 12.3. The van der Waals surface area contributed by atoms with Gasteiger partial charge >= 0.3 is 11.9 Å². The molecule has 0 aliphatic carbocycles. The van der Waals surface area contributed by atoms with Crippen LogP contribution >= 0.6 is 11.6 Å². The fourth-order valence-corrected chi connectivity index (χ4v) is 3.14. The van der Waals surface area contributed by atoms with Gasteiger partial charge in [-0.05, 0) is 18.2 Å². The number of esters is 1. The summed E-state index contributed by atoms with van der Waals surface area (Å²) in [5.74, 6) is -1.82. The predicted octanol–water partition coefficient (Wildman–Crippen LogP) is 1.22. The zero-order valence-electron chi connectivity index (χ0n) is 11.4. The lowest BCUT2D eigenvalue weighted by Gasteiger charge is -2.17. The molecule has 21 heavy (non-hydrogen) atoms. The van der Waals surface area contributed by atoms with Crippen LogP contribution in [0.2, 0.25) is 5.02 Å². The van der Waals surface area contributed by atoms with E-state index in [2.05, 4.69) is 4.74 Å². The number of halogens is 1. The van der Waals surface area contributed by atoms with Crippen LogP contribution in [0.4, 0.5) is 0 Å². The number of methoxy groups -OCH3 is 1. The highest BCUT2D eigenvalue weighted by Gasteiger charge is 2.25. The van der Waals surface area contributed by atoms with E-state index in [-0.39, 0.29) is 28.4 Å². The van der Waals surface area contributed by atoms with Crippen molar-refractivity contribution in [1.29, 1.82) is 0 Å². The molecule has 0 radical (unpaired) electrons. The summed E-state index contributed by atoms with van der Waals surface area (Å²) in [6.45, 7) is -0.108. The maximum Gasteiger partial charge on any atom is 0.335 e. The van der Waals surface area contributed by atoms with E-state index < -0.39 is 22.0 Å². The van der Waals surface area contributed by atoms with Crippen LogP contribution < -0.4 is 0 Å². The molecule has 0 unspecified atom stereocenters. The fraction of sp³-hybridized carbons (Fsp3) is 0.333. The predicted molar refractivity (Wildman–Crippen MR) is 74.9 cm³/mol. The summed E-state index contributed by atoms with van der Waals surface area (Å²) in [6.07, 6.45) is -0.123. The molecule has 0 aliphatic rings. The first-order valence-corrected chi connectivity index (χ1v) is 7.58. The summed E-state index contributed by atoms with van der Waals surface area (Å²) in [7, 11) is -1.53. The van der Waals surface area contributed by atoms with Gasteiger partial charge in [-0.3, -0.25) is 4.79 Å². The van der Waals surface area contributed by atoms with E-state index in [0.717, 1.165) is 10.4 Å². The van der Waals surface area contributed by atoms with Crippen molar-refractivity contribution in [3.05, 3.63) is 28.8 Å². The second kappa shape index (κ2) is 6.88. The molecule has 9 heteroatoms. The van der Waals surface area contributed by atoms with E-state index in [4.69, 9.17) is 16.7 Å². The number of sulfonamides is 1. The van der Waals surface area contributed by atoms with Crippen LogP contribution in [-0.2, 0) is 19.6 Å². The third-order valence-electron chi connectivity index (χ3n) is 2.72. The fourth-order valence-electron chi connectivity index (χ4n) is 1.47. The minimum absolute atomic E-state index is 0.0927. The minimum atomic E-state index is -4.00. The largest absolute Gasteiger partial charge is 0.478 e. The number of carbonyl (C=O) groups excluding carboxylic acids is 1. The van der Waals surface area contributed by atoms with Crippen LogP contribution in [0, 0.1) is 0 Å². The molecule has 0 bridgehead atoms. The van der Waals surface area contributed by atoms with E-state index >= 15 is 0 Å². The molecular formula is C12H14ClNO6S. The Morgan fingerprint density at radius 3 is 2.52 bits per heavy atom.